The van der Waals surface area contributed by atoms with Crippen LogP contribution in [0.5, 0.6) is 0 Å². The molecule has 1 atom stereocenters. The van der Waals surface area contributed by atoms with Crippen LogP contribution in [0.15, 0.2) is 9.41 Å². The first-order valence-corrected chi connectivity index (χ1v) is 7.96. The summed E-state index contributed by atoms with van der Waals surface area (Å²) >= 11 is 0. The van der Waals surface area contributed by atoms with Gasteiger partial charge in [-0.1, -0.05) is 13.8 Å². The fourth-order valence-corrected chi connectivity index (χ4v) is 2.15. The second kappa shape index (κ2) is 9.46. The number of aromatic nitrogens is 1. The molecule has 22 heavy (non-hydrogen) atoms. The van der Waals surface area contributed by atoms with E-state index in [2.05, 4.69) is 34.5 Å². The highest BCUT2D eigenvalue weighted by Crippen LogP contribution is 2.10. The van der Waals surface area contributed by atoms with Gasteiger partial charge in [-0.25, -0.2) is 4.98 Å². The topological polar surface area (TPSA) is 71.7 Å². The molecule has 0 fully saturated rings. The van der Waals surface area contributed by atoms with Crippen molar-refractivity contribution in [2.45, 2.75) is 53.7 Å². The van der Waals surface area contributed by atoms with Crippen LogP contribution in [0.4, 0.5) is 0 Å². The van der Waals surface area contributed by atoms with Gasteiger partial charge in [0.05, 0.1) is 18.3 Å². The zero-order chi connectivity index (χ0) is 16.5. The number of ether oxygens (including phenoxy) is 1. The SMILES string of the molecule is CCOC(CCNC(=NC)NCc1nc(C)c(C)o1)C(C)C. The van der Waals surface area contributed by atoms with E-state index >= 15 is 0 Å². The van der Waals surface area contributed by atoms with Crippen LogP contribution in [0.1, 0.15) is 44.5 Å². The average Bonchev–Trinajstić information content (AvgIpc) is 2.80. The number of nitrogens with zero attached hydrogens (tertiary/aromatic N) is 2. The van der Waals surface area contributed by atoms with Crippen molar-refractivity contribution in [1.29, 1.82) is 0 Å². The molecule has 1 heterocycles. The number of hydrogen-bond donors (Lipinski definition) is 2. The number of nitrogens with one attached hydrogen (secondary N) is 2. The fourth-order valence-electron chi connectivity index (χ4n) is 2.15. The van der Waals surface area contributed by atoms with Gasteiger partial charge in [0.25, 0.3) is 0 Å². The molecule has 1 aromatic rings. The number of oxazole rings is 1. The van der Waals surface area contributed by atoms with Gasteiger partial charge in [0.2, 0.25) is 5.89 Å². The maximum atomic E-state index is 5.74. The van der Waals surface area contributed by atoms with E-state index < -0.39 is 0 Å². The lowest BCUT2D eigenvalue weighted by Crippen LogP contribution is -2.39. The number of hydrogen-bond acceptors (Lipinski definition) is 4. The minimum atomic E-state index is 0.271. The van der Waals surface area contributed by atoms with Gasteiger partial charge in [0, 0.05) is 20.2 Å². The summed E-state index contributed by atoms with van der Waals surface area (Å²) in [7, 11) is 1.75. The summed E-state index contributed by atoms with van der Waals surface area (Å²) in [5, 5.41) is 6.50. The predicted molar refractivity (Wildman–Crippen MR) is 89.0 cm³/mol. The van der Waals surface area contributed by atoms with Crippen LogP contribution >= 0.6 is 0 Å². The molecule has 0 spiro atoms. The van der Waals surface area contributed by atoms with E-state index in [1.807, 2.05) is 20.8 Å². The maximum absolute atomic E-state index is 5.74. The summed E-state index contributed by atoms with van der Waals surface area (Å²) in [6.07, 6.45) is 1.22. The number of aryl methyl sites for hydroxylation is 2. The van der Waals surface area contributed by atoms with Gasteiger partial charge < -0.3 is 19.8 Å². The zero-order valence-electron chi connectivity index (χ0n) is 14.7. The van der Waals surface area contributed by atoms with E-state index in [4.69, 9.17) is 9.15 Å². The molecule has 0 saturated heterocycles. The van der Waals surface area contributed by atoms with E-state index in [9.17, 15) is 0 Å². The van der Waals surface area contributed by atoms with Crippen molar-refractivity contribution in [3.8, 4) is 0 Å². The van der Waals surface area contributed by atoms with Crippen LogP contribution in [0.25, 0.3) is 0 Å². The molecule has 0 aliphatic carbocycles. The highest BCUT2D eigenvalue weighted by Gasteiger charge is 2.13. The minimum Gasteiger partial charge on any atom is -0.444 e. The van der Waals surface area contributed by atoms with Crippen molar-refractivity contribution in [2.24, 2.45) is 10.9 Å². The Bertz CT molecular complexity index is 449. The molecule has 0 radical (unpaired) electrons. The van der Waals surface area contributed by atoms with Crippen LogP contribution in [0, 0.1) is 19.8 Å². The zero-order valence-corrected chi connectivity index (χ0v) is 14.7. The number of guanidine groups is 1. The first-order valence-electron chi connectivity index (χ1n) is 7.96. The Balaban J connectivity index is 2.36. The van der Waals surface area contributed by atoms with Crippen LogP contribution in [-0.4, -0.2) is 37.2 Å². The fraction of sp³-hybridized carbons (Fsp3) is 0.750. The molecule has 1 rings (SSSR count). The second-order valence-corrected chi connectivity index (χ2v) is 5.63. The average molecular weight is 310 g/mol. The molecule has 1 aromatic heterocycles. The molecule has 6 heteroatoms. The summed E-state index contributed by atoms with van der Waals surface area (Å²) in [4.78, 5) is 8.54. The smallest absolute Gasteiger partial charge is 0.214 e. The van der Waals surface area contributed by atoms with Crippen LogP contribution in [0.3, 0.4) is 0 Å². The van der Waals surface area contributed by atoms with Gasteiger partial charge in [-0.2, -0.15) is 0 Å². The Morgan fingerprint density at radius 3 is 2.55 bits per heavy atom. The Kier molecular flexibility index (Phi) is 7.95. The first kappa shape index (κ1) is 18.5. The van der Waals surface area contributed by atoms with Crippen molar-refractivity contribution < 1.29 is 9.15 Å². The lowest BCUT2D eigenvalue weighted by molar-refractivity contribution is 0.0258. The largest absolute Gasteiger partial charge is 0.444 e. The van der Waals surface area contributed by atoms with E-state index in [1.165, 1.54) is 0 Å². The highest BCUT2D eigenvalue weighted by molar-refractivity contribution is 5.79. The molecule has 0 amide bonds. The van der Waals surface area contributed by atoms with E-state index in [0.29, 0.717) is 18.4 Å². The third-order valence-electron chi connectivity index (χ3n) is 3.55. The molecular weight excluding hydrogens is 280 g/mol. The summed E-state index contributed by atoms with van der Waals surface area (Å²) in [6, 6.07) is 0. The molecule has 0 aliphatic heterocycles. The molecule has 2 N–H and O–H groups in total. The van der Waals surface area contributed by atoms with E-state index in [-0.39, 0.29) is 6.10 Å². The van der Waals surface area contributed by atoms with Crippen LogP contribution in [0.2, 0.25) is 0 Å². The van der Waals surface area contributed by atoms with Gasteiger partial charge in [-0.05, 0) is 33.1 Å². The van der Waals surface area contributed by atoms with Crippen molar-refractivity contribution in [1.82, 2.24) is 15.6 Å². The molecule has 1 unspecified atom stereocenters. The lowest BCUT2D eigenvalue weighted by atomic mass is 10.0. The van der Waals surface area contributed by atoms with Gasteiger partial charge in [0.15, 0.2) is 5.96 Å². The number of rotatable bonds is 8. The molecular formula is C16H30N4O2. The summed E-state index contributed by atoms with van der Waals surface area (Å²) < 4.78 is 11.3. The van der Waals surface area contributed by atoms with Crippen molar-refractivity contribution in [2.75, 3.05) is 20.2 Å². The molecule has 126 valence electrons. The van der Waals surface area contributed by atoms with E-state index in [0.717, 1.165) is 37.0 Å². The van der Waals surface area contributed by atoms with Crippen molar-refractivity contribution >= 4 is 5.96 Å². The highest BCUT2D eigenvalue weighted by atomic mass is 16.5. The standard InChI is InChI=1S/C16H30N4O2/c1-7-21-14(11(2)3)8-9-18-16(17-6)19-10-15-20-12(4)13(5)22-15/h11,14H,7-10H2,1-6H3,(H2,17,18,19). The third kappa shape index (κ3) is 6.05. The Morgan fingerprint density at radius 1 is 1.32 bits per heavy atom. The van der Waals surface area contributed by atoms with Crippen LogP contribution in [-0.2, 0) is 11.3 Å². The Morgan fingerprint density at radius 2 is 2.05 bits per heavy atom. The summed E-state index contributed by atoms with van der Waals surface area (Å²) in [6.45, 7) is 12.3. The lowest BCUT2D eigenvalue weighted by Gasteiger charge is -2.21. The number of aliphatic imine (C=N–C) groups is 1. The van der Waals surface area contributed by atoms with Gasteiger partial charge >= 0.3 is 0 Å². The summed E-state index contributed by atoms with van der Waals surface area (Å²) in [5.41, 5.74) is 0.927. The molecule has 0 aliphatic rings. The molecule has 0 bridgehead atoms. The van der Waals surface area contributed by atoms with E-state index in [1.54, 1.807) is 7.05 Å². The Hall–Kier alpha value is -1.56. The van der Waals surface area contributed by atoms with Crippen molar-refractivity contribution in [3.05, 3.63) is 17.3 Å². The first-order chi connectivity index (χ1) is 10.5. The predicted octanol–water partition coefficient (Wildman–Crippen LogP) is 2.41. The minimum absolute atomic E-state index is 0.271. The van der Waals surface area contributed by atoms with Gasteiger partial charge in [0.1, 0.15) is 5.76 Å². The normalized spacial score (nSPS) is 13.5. The van der Waals surface area contributed by atoms with Crippen molar-refractivity contribution in [3.63, 3.8) is 0 Å². The molecule has 0 saturated carbocycles. The molecule has 6 nitrogen and oxygen atoms in total. The maximum Gasteiger partial charge on any atom is 0.214 e. The summed E-state index contributed by atoms with van der Waals surface area (Å²) in [5.74, 6) is 2.78. The second-order valence-electron chi connectivity index (χ2n) is 5.63. The third-order valence-corrected chi connectivity index (χ3v) is 3.55. The van der Waals surface area contributed by atoms with Crippen LogP contribution < -0.4 is 10.6 Å². The van der Waals surface area contributed by atoms with Gasteiger partial charge in [-0.15, -0.1) is 0 Å². The van der Waals surface area contributed by atoms with Gasteiger partial charge in [-0.3, -0.25) is 4.99 Å². The molecule has 0 aromatic carbocycles. The monoisotopic (exact) mass is 310 g/mol. The quantitative estimate of drug-likeness (QED) is 0.570. The Labute approximate surface area is 133 Å².